The molecule has 0 spiro atoms. The molecule has 0 aliphatic carbocycles. The van der Waals surface area contributed by atoms with Crippen LogP contribution in [0.2, 0.25) is 10.0 Å². The molecule has 4 nitrogen and oxygen atoms in total. The van der Waals surface area contributed by atoms with Crippen LogP contribution in [-0.2, 0) is 0 Å². The van der Waals surface area contributed by atoms with Gasteiger partial charge in [0.25, 0.3) is 0 Å². The molecular weight excluding hydrogens is 277 g/mol. The first-order valence-corrected chi connectivity index (χ1v) is 5.65. The van der Waals surface area contributed by atoms with Crippen LogP contribution < -0.4 is 4.74 Å². The van der Waals surface area contributed by atoms with Crippen LogP contribution in [0.3, 0.4) is 0 Å². The summed E-state index contributed by atoms with van der Waals surface area (Å²) in [5, 5.41) is 9.56. The second-order valence-corrected chi connectivity index (χ2v) is 4.13. The van der Waals surface area contributed by atoms with E-state index < -0.39 is 5.97 Å². The number of pyridine rings is 1. The van der Waals surface area contributed by atoms with Gasteiger partial charge < -0.3 is 9.84 Å². The molecule has 0 saturated heterocycles. The lowest BCUT2D eigenvalue weighted by molar-refractivity contribution is 0.0693. The Kier molecular flexibility index (Phi) is 3.69. The number of carboxylic acids is 1. The quantitative estimate of drug-likeness (QED) is 0.929. The van der Waals surface area contributed by atoms with E-state index in [2.05, 4.69) is 4.98 Å². The second kappa shape index (κ2) is 5.25. The molecule has 18 heavy (non-hydrogen) atoms. The van der Waals surface area contributed by atoms with Gasteiger partial charge in [-0.2, -0.15) is 0 Å². The van der Waals surface area contributed by atoms with E-state index in [0.29, 0.717) is 0 Å². The standard InChI is InChI=1S/C12H7Cl2NO3/c13-8-4-1-5-9(14)10(8)18-11-7(12(16)17)3-2-6-15-11/h1-6H,(H,16,17). The predicted molar refractivity (Wildman–Crippen MR) is 67.7 cm³/mol. The third-order valence-electron chi connectivity index (χ3n) is 2.12. The number of carboxylic acid groups (broad SMARTS) is 1. The Labute approximate surface area is 113 Å². The molecule has 0 saturated carbocycles. The summed E-state index contributed by atoms with van der Waals surface area (Å²) in [7, 11) is 0. The van der Waals surface area contributed by atoms with Crippen LogP contribution in [0.15, 0.2) is 36.5 Å². The van der Waals surface area contributed by atoms with Crippen molar-refractivity contribution in [2.45, 2.75) is 0 Å². The zero-order chi connectivity index (χ0) is 13.1. The summed E-state index contributed by atoms with van der Waals surface area (Å²) in [5.41, 5.74) is -0.0616. The predicted octanol–water partition coefficient (Wildman–Crippen LogP) is 3.88. The van der Waals surface area contributed by atoms with Gasteiger partial charge in [0.2, 0.25) is 5.88 Å². The summed E-state index contributed by atoms with van der Waals surface area (Å²) in [6, 6.07) is 7.73. The number of aromatic nitrogens is 1. The van der Waals surface area contributed by atoms with E-state index in [1.165, 1.54) is 18.3 Å². The van der Waals surface area contributed by atoms with E-state index in [1.54, 1.807) is 18.2 Å². The number of hydrogen-bond donors (Lipinski definition) is 1. The summed E-state index contributed by atoms with van der Waals surface area (Å²) >= 11 is 11.9. The topological polar surface area (TPSA) is 59.4 Å². The molecule has 0 aliphatic heterocycles. The molecule has 6 heteroatoms. The van der Waals surface area contributed by atoms with Gasteiger partial charge >= 0.3 is 5.97 Å². The number of benzene rings is 1. The highest BCUT2D eigenvalue weighted by Gasteiger charge is 2.15. The van der Waals surface area contributed by atoms with Crippen molar-refractivity contribution in [3.05, 3.63) is 52.1 Å². The van der Waals surface area contributed by atoms with Crippen molar-refractivity contribution in [1.29, 1.82) is 0 Å². The van der Waals surface area contributed by atoms with Crippen LogP contribution in [0.4, 0.5) is 0 Å². The fourth-order valence-corrected chi connectivity index (χ4v) is 1.79. The van der Waals surface area contributed by atoms with Crippen molar-refractivity contribution in [2.24, 2.45) is 0 Å². The first kappa shape index (κ1) is 12.7. The van der Waals surface area contributed by atoms with Gasteiger partial charge in [-0.25, -0.2) is 9.78 Å². The first-order valence-electron chi connectivity index (χ1n) is 4.90. The van der Waals surface area contributed by atoms with Crippen molar-refractivity contribution >= 4 is 29.2 Å². The fraction of sp³-hybridized carbons (Fsp3) is 0. The van der Waals surface area contributed by atoms with Crippen molar-refractivity contribution in [3.63, 3.8) is 0 Å². The zero-order valence-corrected chi connectivity index (χ0v) is 10.4. The lowest BCUT2D eigenvalue weighted by Gasteiger charge is -2.09. The molecule has 1 heterocycles. The van der Waals surface area contributed by atoms with E-state index in [9.17, 15) is 4.79 Å². The molecule has 92 valence electrons. The molecule has 0 aliphatic rings. The number of carbonyl (C=O) groups is 1. The van der Waals surface area contributed by atoms with Crippen molar-refractivity contribution in [2.75, 3.05) is 0 Å². The van der Waals surface area contributed by atoms with Crippen LogP contribution in [0.25, 0.3) is 0 Å². The van der Waals surface area contributed by atoms with Crippen molar-refractivity contribution < 1.29 is 14.6 Å². The zero-order valence-electron chi connectivity index (χ0n) is 8.93. The van der Waals surface area contributed by atoms with E-state index in [-0.39, 0.29) is 27.2 Å². The van der Waals surface area contributed by atoms with E-state index in [1.807, 2.05) is 0 Å². The molecule has 1 aromatic carbocycles. The van der Waals surface area contributed by atoms with E-state index in [0.717, 1.165) is 0 Å². The number of aromatic carboxylic acids is 1. The van der Waals surface area contributed by atoms with Gasteiger partial charge in [-0.05, 0) is 24.3 Å². The molecule has 0 bridgehead atoms. The molecule has 1 aromatic heterocycles. The van der Waals surface area contributed by atoms with Crippen LogP contribution in [-0.4, -0.2) is 16.1 Å². The van der Waals surface area contributed by atoms with Gasteiger partial charge in [0.1, 0.15) is 5.56 Å². The summed E-state index contributed by atoms with van der Waals surface area (Å²) in [4.78, 5) is 14.9. The molecule has 1 N–H and O–H groups in total. The normalized spacial score (nSPS) is 10.1. The lowest BCUT2D eigenvalue weighted by Crippen LogP contribution is -2.01. The van der Waals surface area contributed by atoms with Crippen LogP contribution in [0, 0.1) is 0 Å². The fourth-order valence-electron chi connectivity index (χ4n) is 1.31. The average Bonchev–Trinajstić information content (AvgIpc) is 2.34. The molecule has 0 atom stereocenters. The molecule has 2 rings (SSSR count). The second-order valence-electron chi connectivity index (χ2n) is 3.31. The largest absolute Gasteiger partial charge is 0.477 e. The summed E-state index contributed by atoms with van der Waals surface area (Å²) in [6.07, 6.45) is 1.42. The molecule has 0 fully saturated rings. The molecule has 2 aromatic rings. The summed E-state index contributed by atoms with van der Waals surface area (Å²) < 4.78 is 5.38. The number of hydrogen-bond acceptors (Lipinski definition) is 3. The van der Waals surface area contributed by atoms with Crippen molar-refractivity contribution in [3.8, 4) is 11.6 Å². The minimum Gasteiger partial charge on any atom is -0.477 e. The Morgan fingerprint density at radius 3 is 2.44 bits per heavy atom. The number of ether oxygens (including phenoxy) is 1. The van der Waals surface area contributed by atoms with Crippen LogP contribution >= 0.6 is 23.2 Å². The molecule has 0 unspecified atom stereocenters. The number of rotatable bonds is 3. The highest BCUT2D eigenvalue weighted by molar-refractivity contribution is 6.37. The van der Waals surface area contributed by atoms with Gasteiger partial charge in [-0.15, -0.1) is 0 Å². The van der Waals surface area contributed by atoms with Crippen LogP contribution in [0.5, 0.6) is 11.6 Å². The third kappa shape index (κ3) is 2.55. The Morgan fingerprint density at radius 2 is 1.83 bits per heavy atom. The number of halogens is 2. The SMILES string of the molecule is O=C(O)c1cccnc1Oc1c(Cl)cccc1Cl. The van der Waals surface area contributed by atoms with Gasteiger partial charge in [-0.3, -0.25) is 0 Å². The Balaban J connectivity index is 2.43. The van der Waals surface area contributed by atoms with E-state index >= 15 is 0 Å². The minimum atomic E-state index is -1.14. The smallest absolute Gasteiger partial charge is 0.341 e. The highest BCUT2D eigenvalue weighted by Crippen LogP contribution is 2.36. The maximum absolute atomic E-state index is 11.0. The Hall–Kier alpha value is -1.78. The number of para-hydroxylation sites is 1. The lowest BCUT2D eigenvalue weighted by atomic mass is 10.3. The number of nitrogens with zero attached hydrogens (tertiary/aromatic N) is 1. The van der Waals surface area contributed by atoms with Gasteiger partial charge in [0.05, 0.1) is 10.0 Å². The summed E-state index contributed by atoms with van der Waals surface area (Å²) in [6.45, 7) is 0. The van der Waals surface area contributed by atoms with Gasteiger partial charge in [-0.1, -0.05) is 29.3 Å². The maximum Gasteiger partial charge on any atom is 0.341 e. The van der Waals surface area contributed by atoms with E-state index in [4.69, 9.17) is 33.0 Å². The Morgan fingerprint density at radius 1 is 1.17 bits per heavy atom. The third-order valence-corrected chi connectivity index (χ3v) is 2.71. The maximum atomic E-state index is 11.0. The first-order chi connectivity index (χ1) is 8.59. The van der Waals surface area contributed by atoms with Crippen LogP contribution in [0.1, 0.15) is 10.4 Å². The van der Waals surface area contributed by atoms with Gasteiger partial charge in [0, 0.05) is 6.20 Å². The van der Waals surface area contributed by atoms with Gasteiger partial charge in [0.15, 0.2) is 5.75 Å². The molecule has 0 radical (unpaired) electrons. The van der Waals surface area contributed by atoms with Crippen molar-refractivity contribution in [1.82, 2.24) is 4.98 Å². The molecule has 0 amide bonds. The Bertz CT molecular complexity index is 581. The highest BCUT2D eigenvalue weighted by atomic mass is 35.5. The monoisotopic (exact) mass is 283 g/mol. The minimum absolute atomic E-state index is 0.0556. The molecular formula is C12H7Cl2NO3. The average molecular weight is 284 g/mol. The summed E-state index contributed by atoms with van der Waals surface area (Å²) in [5.74, 6) is -1.01.